The Balaban J connectivity index is 2.80. The van der Waals surface area contributed by atoms with Crippen LogP contribution >= 0.6 is 11.6 Å². The molecule has 90 valence electrons. The van der Waals surface area contributed by atoms with Gasteiger partial charge in [0.1, 0.15) is 11.5 Å². The summed E-state index contributed by atoms with van der Waals surface area (Å²) in [5.74, 6) is 1.41. The highest BCUT2D eigenvalue weighted by atomic mass is 35.5. The number of benzene rings is 1. The highest BCUT2D eigenvalue weighted by Gasteiger charge is 2.08. The van der Waals surface area contributed by atoms with Gasteiger partial charge in [0.15, 0.2) is 0 Å². The number of aromatic amines is 1. The second-order valence-corrected chi connectivity index (χ2v) is 3.82. The minimum absolute atomic E-state index is 0.171. The highest BCUT2D eigenvalue weighted by Crippen LogP contribution is 2.29. The molecule has 2 rings (SSSR count). The SMILES string of the molecule is COc1cc(OC)c2[nH]c(=O)c(CCl)cc2c1. The van der Waals surface area contributed by atoms with Gasteiger partial charge in [-0.3, -0.25) is 4.79 Å². The fraction of sp³-hybridized carbons (Fsp3) is 0.250. The summed E-state index contributed by atoms with van der Waals surface area (Å²) < 4.78 is 10.4. The van der Waals surface area contributed by atoms with Crippen LogP contribution in [0, 0.1) is 0 Å². The largest absolute Gasteiger partial charge is 0.497 e. The number of fused-ring (bicyclic) bond motifs is 1. The minimum Gasteiger partial charge on any atom is -0.497 e. The van der Waals surface area contributed by atoms with Crippen molar-refractivity contribution in [1.29, 1.82) is 0 Å². The van der Waals surface area contributed by atoms with Crippen molar-refractivity contribution in [3.05, 3.63) is 34.1 Å². The molecule has 0 bridgehead atoms. The van der Waals surface area contributed by atoms with E-state index >= 15 is 0 Å². The molecular formula is C12H12ClNO3. The van der Waals surface area contributed by atoms with Gasteiger partial charge in [-0.15, -0.1) is 11.6 Å². The number of H-pyrrole nitrogens is 1. The zero-order valence-electron chi connectivity index (χ0n) is 9.54. The van der Waals surface area contributed by atoms with Crippen LogP contribution in [0.25, 0.3) is 10.9 Å². The fourth-order valence-electron chi connectivity index (χ4n) is 1.68. The first-order valence-electron chi connectivity index (χ1n) is 5.03. The number of hydrogen-bond donors (Lipinski definition) is 1. The minimum atomic E-state index is -0.198. The molecule has 1 aromatic heterocycles. The lowest BCUT2D eigenvalue weighted by Crippen LogP contribution is -2.11. The molecule has 0 aliphatic carbocycles. The van der Waals surface area contributed by atoms with Gasteiger partial charge in [-0.25, -0.2) is 0 Å². The van der Waals surface area contributed by atoms with E-state index in [1.807, 2.05) is 6.07 Å². The Morgan fingerprint density at radius 2 is 2.00 bits per heavy atom. The molecule has 0 saturated carbocycles. The maximum atomic E-state index is 11.7. The number of pyridine rings is 1. The van der Waals surface area contributed by atoms with Crippen molar-refractivity contribution in [2.24, 2.45) is 0 Å². The molecule has 5 heteroatoms. The lowest BCUT2D eigenvalue weighted by molar-refractivity contribution is 0.397. The van der Waals surface area contributed by atoms with E-state index in [9.17, 15) is 4.79 Å². The Morgan fingerprint density at radius 1 is 1.24 bits per heavy atom. The van der Waals surface area contributed by atoms with Crippen molar-refractivity contribution in [2.75, 3.05) is 14.2 Å². The summed E-state index contributed by atoms with van der Waals surface area (Å²) in [4.78, 5) is 14.4. The molecule has 0 saturated heterocycles. The van der Waals surface area contributed by atoms with Crippen LogP contribution in [0.2, 0.25) is 0 Å². The third kappa shape index (κ3) is 2.08. The standard InChI is InChI=1S/C12H12ClNO3/c1-16-9-4-7-3-8(6-13)12(15)14-11(7)10(5-9)17-2/h3-5H,6H2,1-2H3,(H,14,15). The van der Waals surface area contributed by atoms with Gasteiger partial charge in [0, 0.05) is 17.0 Å². The summed E-state index contributed by atoms with van der Waals surface area (Å²) in [6.45, 7) is 0. The molecule has 0 aliphatic rings. The van der Waals surface area contributed by atoms with E-state index in [0.29, 0.717) is 22.6 Å². The van der Waals surface area contributed by atoms with Crippen LogP contribution in [0.5, 0.6) is 11.5 Å². The molecule has 0 radical (unpaired) electrons. The van der Waals surface area contributed by atoms with E-state index in [-0.39, 0.29) is 11.4 Å². The van der Waals surface area contributed by atoms with Crippen LogP contribution in [0.4, 0.5) is 0 Å². The molecule has 4 nitrogen and oxygen atoms in total. The van der Waals surface area contributed by atoms with Gasteiger partial charge in [0.05, 0.1) is 25.6 Å². The first-order valence-corrected chi connectivity index (χ1v) is 5.57. The third-order valence-electron chi connectivity index (χ3n) is 2.57. The van der Waals surface area contributed by atoms with Crippen LogP contribution in [0.1, 0.15) is 5.56 Å². The Kier molecular flexibility index (Phi) is 3.24. The average Bonchev–Trinajstić information content (AvgIpc) is 2.36. The summed E-state index contributed by atoms with van der Waals surface area (Å²) >= 11 is 5.70. The first-order chi connectivity index (χ1) is 8.19. The topological polar surface area (TPSA) is 51.3 Å². The zero-order valence-corrected chi connectivity index (χ0v) is 10.3. The van der Waals surface area contributed by atoms with Crippen LogP contribution in [-0.2, 0) is 5.88 Å². The molecule has 1 aromatic carbocycles. The number of aromatic nitrogens is 1. The molecule has 0 unspecified atom stereocenters. The number of rotatable bonds is 3. The summed E-state index contributed by atoms with van der Waals surface area (Å²) in [6, 6.07) is 5.29. The van der Waals surface area contributed by atoms with Crippen LogP contribution in [0.15, 0.2) is 23.0 Å². The summed E-state index contributed by atoms with van der Waals surface area (Å²) in [5, 5.41) is 0.830. The number of nitrogens with one attached hydrogen (secondary N) is 1. The number of hydrogen-bond acceptors (Lipinski definition) is 3. The summed E-state index contributed by atoms with van der Waals surface area (Å²) in [5.41, 5.74) is 0.970. The number of alkyl halides is 1. The first kappa shape index (κ1) is 11.8. The normalized spacial score (nSPS) is 10.5. The van der Waals surface area contributed by atoms with Gasteiger partial charge in [0.25, 0.3) is 5.56 Å². The van der Waals surface area contributed by atoms with Crippen LogP contribution in [-0.4, -0.2) is 19.2 Å². The van der Waals surface area contributed by atoms with Crippen molar-refractivity contribution < 1.29 is 9.47 Å². The smallest absolute Gasteiger partial charge is 0.252 e. The van der Waals surface area contributed by atoms with E-state index in [1.54, 1.807) is 26.4 Å². The van der Waals surface area contributed by atoms with Gasteiger partial charge < -0.3 is 14.5 Å². The second-order valence-electron chi connectivity index (χ2n) is 3.55. The van der Waals surface area contributed by atoms with Gasteiger partial charge in [0.2, 0.25) is 0 Å². The lowest BCUT2D eigenvalue weighted by atomic mass is 10.1. The van der Waals surface area contributed by atoms with E-state index in [1.165, 1.54) is 0 Å². The second kappa shape index (κ2) is 4.67. The highest BCUT2D eigenvalue weighted by molar-refractivity contribution is 6.17. The Hall–Kier alpha value is -1.68. The molecule has 0 amide bonds. The number of halogens is 1. The molecular weight excluding hydrogens is 242 g/mol. The van der Waals surface area contributed by atoms with Crippen molar-refractivity contribution in [2.45, 2.75) is 5.88 Å². The van der Waals surface area contributed by atoms with E-state index < -0.39 is 0 Å². The van der Waals surface area contributed by atoms with E-state index in [4.69, 9.17) is 21.1 Å². The molecule has 0 fully saturated rings. The van der Waals surface area contributed by atoms with Crippen molar-refractivity contribution in [3.63, 3.8) is 0 Å². The molecule has 0 aliphatic heterocycles. The predicted octanol–water partition coefficient (Wildman–Crippen LogP) is 2.28. The lowest BCUT2D eigenvalue weighted by Gasteiger charge is -2.09. The maximum absolute atomic E-state index is 11.7. The van der Waals surface area contributed by atoms with Gasteiger partial charge in [-0.2, -0.15) is 0 Å². The van der Waals surface area contributed by atoms with E-state index in [2.05, 4.69) is 4.98 Å². The van der Waals surface area contributed by atoms with Gasteiger partial charge in [-0.1, -0.05) is 0 Å². The summed E-state index contributed by atoms with van der Waals surface area (Å²) in [7, 11) is 3.12. The van der Waals surface area contributed by atoms with Crippen LogP contribution < -0.4 is 15.0 Å². The van der Waals surface area contributed by atoms with Crippen LogP contribution in [0.3, 0.4) is 0 Å². The average molecular weight is 254 g/mol. The molecule has 1 N–H and O–H groups in total. The third-order valence-corrected chi connectivity index (χ3v) is 2.85. The molecule has 0 atom stereocenters. The van der Waals surface area contributed by atoms with Gasteiger partial charge >= 0.3 is 0 Å². The van der Waals surface area contributed by atoms with E-state index in [0.717, 1.165) is 5.39 Å². The number of ether oxygens (including phenoxy) is 2. The quantitative estimate of drug-likeness (QED) is 0.854. The Morgan fingerprint density at radius 3 is 2.59 bits per heavy atom. The summed E-state index contributed by atoms with van der Waals surface area (Å²) in [6.07, 6.45) is 0. The van der Waals surface area contributed by atoms with Crippen molar-refractivity contribution >= 4 is 22.5 Å². The molecule has 17 heavy (non-hydrogen) atoms. The Bertz CT molecular complexity index is 606. The zero-order chi connectivity index (χ0) is 12.4. The van der Waals surface area contributed by atoms with Crippen molar-refractivity contribution in [1.82, 2.24) is 4.98 Å². The predicted molar refractivity (Wildman–Crippen MR) is 67.2 cm³/mol. The molecule has 2 aromatic rings. The molecule has 0 spiro atoms. The van der Waals surface area contributed by atoms with Crippen molar-refractivity contribution in [3.8, 4) is 11.5 Å². The monoisotopic (exact) mass is 253 g/mol. The molecule has 1 heterocycles. The maximum Gasteiger partial charge on any atom is 0.252 e. The number of methoxy groups -OCH3 is 2. The fourth-order valence-corrected chi connectivity index (χ4v) is 1.88. The van der Waals surface area contributed by atoms with Gasteiger partial charge in [-0.05, 0) is 12.1 Å². The Labute approximate surface area is 103 Å².